The van der Waals surface area contributed by atoms with Crippen molar-refractivity contribution in [3.05, 3.63) is 54.0 Å². The second-order valence-corrected chi connectivity index (χ2v) is 7.36. The average molecular weight is 444 g/mol. The van der Waals surface area contributed by atoms with Gasteiger partial charge in [-0.25, -0.2) is 19.2 Å². The van der Waals surface area contributed by atoms with Crippen molar-refractivity contribution in [3.8, 4) is 11.6 Å². The third kappa shape index (κ3) is 7.11. The number of benzene rings is 1. The molecule has 2 aromatic rings. The summed E-state index contributed by atoms with van der Waals surface area (Å²) in [7, 11) is 0. The number of piperidine rings is 1. The lowest BCUT2D eigenvalue weighted by atomic mass is 10.1. The molecule has 1 amide bonds. The maximum Gasteiger partial charge on any atom is 0.409 e. The van der Waals surface area contributed by atoms with Crippen molar-refractivity contribution in [2.24, 2.45) is 4.99 Å². The van der Waals surface area contributed by atoms with Crippen LogP contribution in [0.3, 0.4) is 0 Å². The van der Waals surface area contributed by atoms with Crippen LogP contribution in [0.5, 0.6) is 11.6 Å². The first-order chi connectivity index (χ1) is 15.6. The number of guanidine groups is 1. The number of carbonyl (C=O) groups excluding carboxylic acids is 1. The van der Waals surface area contributed by atoms with Crippen molar-refractivity contribution in [1.29, 1.82) is 0 Å². The van der Waals surface area contributed by atoms with E-state index in [2.05, 4.69) is 20.6 Å². The van der Waals surface area contributed by atoms with E-state index in [0.29, 0.717) is 37.9 Å². The molecule has 0 atom stereocenters. The zero-order valence-electron chi connectivity index (χ0n) is 18.5. The molecule has 1 aliphatic heterocycles. The van der Waals surface area contributed by atoms with E-state index in [4.69, 9.17) is 9.47 Å². The molecule has 0 aliphatic carbocycles. The number of hydrogen-bond donors (Lipinski definition) is 2. The molecule has 32 heavy (non-hydrogen) atoms. The highest BCUT2D eigenvalue weighted by Gasteiger charge is 2.24. The van der Waals surface area contributed by atoms with Gasteiger partial charge in [-0.1, -0.05) is 0 Å². The number of ether oxygens (including phenoxy) is 2. The van der Waals surface area contributed by atoms with Crippen molar-refractivity contribution in [3.63, 3.8) is 0 Å². The van der Waals surface area contributed by atoms with Gasteiger partial charge < -0.3 is 25.0 Å². The molecular formula is C23H30FN5O3. The van der Waals surface area contributed by atoms with E-state index in [1.165, 1.54) is 12.1 Å². The van der Waals surface area contributed by atoms with Crippen LogP contribution in [0, 0.1) is 5.82 Å². The molecule has 1 aromatic heterocycles. The zero-order chi connectivity index (χ0) is 22.8. The number of amides is 1. The average Bonchev–Trinajstić information content (AvgIpc) is 2.80. The van der Waals surface area contributed by atoms with Gasteiger partial charge in [0, 0.05) is 37.9 Å². The topological polar surface area (TPSA) is 88.1 Å². The lowest BCUT2D eigenvalue weighted by Gasteiger charge is -2.32. The minimum Gasteiger partial charge on any atom is -0.450 e. The van der Waals surface area contributed by atoms with Crippen molar-refractivity contribution in [2.45, 2.75) is 39.3 Å². The van der Waals surface area contributed by atoms with Gasteiger partial charge >= 0.3 is 6.09 Å². The molecular weight excluding hydrogens is 413 g/mol. The highest BCUT2D eigenvalue weighted by molar-refractivity contribution is 5.80. The predicted molar refractivity (Wildman–Crippen MR) is 120 cm³/mol. The summed E-state index contributed by atoms with van der Waals surface area (Å²) in [5.74, 6) is 1.35. The number of aromatic nitrogens is 1. The maximum atomic E-state index is 13.1. The summed E-state index contributed by atoms with van der Waals surface area (Å²) in [6, 6.07) is 9.72. The molecule has 9 heteroatoms. The van der Waals surface area contributed by atoms with Crippen molar-refractivity contribution in [2.75, 3.05) is 26.2 Å². The van der Waals surface area contributed by atoms with Crippen LogP contribution in [0.2, 0.25) is 0 Å². The van der Waals surface area contributed by atoms with Gasteiger partial charge in [-0.05, 0) is 62.6 Å². The van der Waals surface area contributed by atoms with Crippen LogP contribution in [0.25, 0.3) is 0 Å². The first-order valence-electron chi connectivity index (χ1n) is 10.9. The fourth-order valence-corrected chi connectivity index (χ4v) is 3.33. The summed E-state index contributed by atoms with van der Waals surface area (Å²) in [6.07, 6.45) is 3.07. The molecule has 8 nitrogen and oxygen atoms in total. The molecule has 0 unspecified atom stereocenters. The first-order valence-corrected chi connectivity index (χ1v) is 10.9. The fraction of sp³-hybridized carbons (Fsp3) is 0.435. The Morgan fingerprint density at radius 2 is 1.97 bits per heavy atom. The Kier molecular flexibility index (Phi) is 8.65. The van der Waals surface area contributed by atoms with Crippen LogP contribution in [-0.4, -0.2) is 54.2 Å². The second-order valence-electron chi connectivity index (χ2n) is 7.36. The minimum absolute atomic E-state index is 0.230. The van der Waals surface area contributed by atoms with Crippen molar-refractivity contribution < 1.29 is 18.7 Å². The first kappa shape index (κ1) is 23.3. The van der Waals surface area contributed by atoms with Gasteiger partial charge in [0.05, 0.1) is 13.2 Å². The molecule has 0 radical (unpaired) electrons. The number of aliphatic imine (C=N–C) groups is 1. The number of hydrogen-bond acceptors (Lipinski definition) is 5. The van der Waals surface area contributed by atoms with Gasteiger partial charge in [0.25, 0.3) is 0 Å². The molecule has 0 saturated carbocycles. The Bertz CT molecular complexity index is 899. The molecule has 2 N–H and O–H groups in total. The summed E-state index contributed by atoms with van der Waals surface area (Å²) in [6.45, 7) is 6.71. The Morgan fingerprint density at radius 1 is 1.22 bits per heavy atom. The van der Waals surface area contributed by atoms with Gasteiger partial charge in [0.15, 0.2) is 5.96 Å². The number of likely N-dealkylation sites (tertiary alicyclic amines) is 1. The zero-order valence-corrected chi connectivity index (χ0v) is 18.5. The van der Waals surface area contributed by atoms with E-state index < -0.39 is 0 Å². The van der Waals surface area contributed by atoms with Crippen LogP contribution >= 0.6 is 0 Å². The Balaban J connectivity index is 1.56. The van der Waals surface area contributed by atoms with E-state index in [1.54, 1.807) is 23.2 Å². The smallest absolute Gasteiger partial charge is 0.409 e. The number of nitrogens with one attached hydrogen (secondary N) is 2. The molecule has 1 aromatic carbocycles. The van der Waals surface area contributed by atoms with Crippen LogP contribution in [0.1, 0.15) is 32.3 Å². The van der Waals surface area contributed by atoms with Gasteiger partial charge in [0.1, 0.15) is 11.6 Å². The summed E-state index contributed by atoms with van der Waals surface area (Å²) >= 11 is 0. The number of halogens is 1. The number of nitrogens with zero attached hydrogens (tertiary/aromatic N) is 3. The molecule has 1 aliphatic rings. The third-order valence-electron chi connectivity index (χ3n) is 4.96. The normalized spacial score (nSPS) is 14.7. The molecule has 1 fully saturated rings. The van der Waals surface area contributed by atoms with E-state index in [9.17, 15) is 9.18 Å². The molecule has 1 saturated heterocycles. The maximum absolute atomic E-state index is 13.1. The lowest BCUT2D eigenvalue weighted by molar-refractivity contribution is 0.0963. The monoisotopic (exact) mass is 443 g/mol. The highest BCUT2D eigenvalue weighted by atomic mass is 19.1. The summed E-state index contributed by atoms with van der Waals surface area (Å²) in [5, 5.41) is 6.72. The predicted octanol–water partition coefficient (Wildman–Crippen LogP) is 3.69. The Morgan fingerprint density at radius 3 is 2.66 bits per heavy atom. The van der Waals surface area contributed by atoms with Crippen LogP contribution in [0.15, 0.2) is 47.6 Å². The molecule has 2 heterocycles. The number of rotatable bonds is 7. The van der Waals surface area contributed by atoms with E-state index >= 15 is 0 Å². The molecule has 0 bridgehead atoms. The van der Waals surface area contributed by atoms with Gasteiger partial charge in [-0.3, -0.25) is 0 Å². The van der Waals surface area contributed by atoms with Crippen LogP contribution < -0.4 is 15.4 Å². The molecule has 3 rings (SSSR count). The largest absolute Gasteiger partial charge is 0.450 e. The standard InChI is InChI=1S/C23H30FN5O3/c1-3-25-22(28-19-10-13-29(14-11-19)23(30)31-4-2)27-16-17-9-12-26-21(15-17)32-20-7-5-18(24)6-8-20/h5-9,12,15,19H,3-4,10-11,13-14,16H2,1-2H3,(H2,25,27,28). The number of carbonyl (C=O) groups is 1. The van der Waals surface area contributed by atoms with Crippen LogP contribution in [-0.2, 0) is 11.3 Å². The van der Waals surface area contributed by atoms with E-state index in [-0.39, 0.29) is 18.0 Å². The fourth-order valence-electron chi connectivity index (χ4n) is 3.33. The Labute approximate surface area is 187 Å². The summed E-state index contributed by atoms with van der Waals surface area (Å²) in [5.41, 5.74) is 0.937. The van der Waals surface area contributed by atoms with E-state index in [0.717, 1.165) is 30.9 Å². The quantitative estimate of drug-likeness (QED) is 0.501. The number of pyridine rings is 1. The van der Waals surface area contributed by atoms with E-state index in [1.807, 2.05) is 26.0 Å². The molecule has 0 spiro atoms. The van der Waals surface area contributed by atoms with Gasteiger partial charge in [-0.2, -0.15) is 0 Å². The Hall–Kier alpha value is -3.36. The highest BCUT2D eigenvalue weighted by Crippen LogP contribution is 2.20. The minimum atomic E-state index is -0.316. The van der Waals surface area contributed by atoms with Crippen LogP contribution in [0.4, 0.5) is 9.18 Å². The third-order valence-corrected chi connectivity index (χ3v) is 4.96. The SMILES string of the molecule is CCNC(=NCc1ccnc(Oc2ccc(F)cc2)c1)NC1CCN(C(=O)OCC)CC1. The second kappa shape index (κ2) is 11.9. The summed E-state index contributed by atoms with van der Waals surface area (Å²) in [4.78, 5) is 22.5. The van der Waals surface area contributed by atoms with Gasteiger partial charge in [0.2, 0.25) is 5.88 Å². The van der Waals surface area contributed by atoms with Crippen molar-refractivity contribution in [1.82, 2.24) is 20.5 Å². The van der Waals surface area contributed by atoms with Crippen molar-refractivity contribution >= 4 is 12.1 Å². The van der Waals surface area contributed by atoms with Gasteiger partial charge in [-0.15, -0.1) is 0 Å². The molecule has 172 valence electrons. The summed E-state index contributed by atoms with van der Waals surface area (Å²) < 4.78 is 23.8. The lowest BCUT2D eigenvalue weighted by Crippen LogP contribution is -2.49.